The monoisotopic (exact) mass is 213 g/mol. The van der Waals surface area contributed by atoms with Crippen LogP contribution in [-0.2, 0) is 0 Å². The maximum atomic E-state index is 5.64. The number of anilines is 1. The van der Waals surface area contributed by atoms with Crippen molar-refractivity contribution in [2.24, 2.45) is 0 Å². The van der Waals surface area contributed by atoms with Crippen LogP contribution in [0.4, 0.5) is 5.82 Å². The average molecular weight is 213 g/mol. The van der Waals surface area contributed by atoms with Gasteiger partial charge in [-0.1, -0.05) is 12.1 Å². The number of benzene rings is 1. The molecule has 0 atom stereocenters. The van der Waals surface area contributed by atoms with Crippen molar-refractivity contribution in [2.45, 2.75) is 6.92 Å². The molecule has 0 radical (unpaired) electrons. The van der Waals surface area contributed by atoms with Crippen molar-refractivity contribution in [1.29, 1.82) is 0 Å². The quantitative estimate of drug-likeness (QED) is 0.645. The number of rotatable bonds is 1. The van der Waals surface area contributed by atoms with E-state index in [1.54, 1.807) is 4.68 Å². The van der Waals surface area contributed by atoms with Crippen LogP contribution in [0.15, 0.2) is 30.3 Å². The van der Waals surface area contributed by atoms with Gasteiger partial charge in [0.05, 0.1) is 11.0 Å². The van der Waals surface area contributed by atoms with Crippen molar-refractivity contribution < 1.29 is 0 Å². The second-order valence-corrected chi connectivity index (χ2v) is 3.70. The second-order valence-electron chi connectivity index (χ2n) is 3.70. The number of nitrogens with one attached hydrogen (secondary N) is 1. The molecule has 0 bridgehead atoms. The van der Waals surface area contributed by atoms with Gasteiger partial charge in [-0.15, -0.1) is 5.10 Å². The molecule has 5 heteroatoms. The minimum atomic E-state index is 0.498. The fraction of sp³-hybridized carbons (Fsp3) is 0.0909. The van der Waals surface area contributed by atoms with Crippen LogP contribution in [0.2, 0.25) is 0 Å². The second kappa shape index (κ2) is 3.10. The van der Waals surface area contributed by atoms with Gasteiger partial charge in [0.15, 0.2) is 0 Å². The lowest BCUT2D eigenvalue weighted by Crippen LogP contribution is -2.01. The minimum Gasteiger partial charge on any atom is -0.382 e. The molecule has 0 amide bonds. The number of nitrogen functional groups attached to an aromatic ring is 1. The van der Waals surface area contributed by atoms with E-state index >= 15 is 0 Å². The Hall–Kier alpha value is -2.30. The number of H-pyrrole nitrogens is 1. The Balaban J connectivity index is 2.22. The normalized spacial score (nSPS) is 11.1. The summed E-state index contributed by atoms with van der Waals surface area (Å²) in [6.07, 6.45) is 0. The molecule has 0 unspecified atom stereocenters. The number of aromatic nitrogens is 4. The predicted octanol–water partition coefficient (Wildman–Crippen LogP) is 1.64. The molecule has 3 rings (SSSR count). The maximum absolute atomic E-state index is 5.64. The summed E-state index contributed by atoms with van der Waals surface area (Å²) in [6, 6.07) is 9.67. The minimum absolute atomic E-state index is 0.498. The van der Waals surface area contributed by atoms with Gasteiger partial charge < -0.3 is 10.7 Å². The van der Waals surface area contributed by atoms with Crippen LogP contribution in [0, 0.1) is 6.92 Å². The molecule has 0 aliphatic carbocycles. The number of aryl methyl sites for hydroxylation is 1. The van der Waals surface area contributed by atoms with Crippen molar-refractivity contribution in [3.8, 4) is 5.95 Å². The van der Waals surface area contributed by atoms with Crippen molar-refractivity contribution in [2.75, 3.05) is 5.73 Å². The van der Waals surface area contributed by atoms with Crippen LogP contribution in [0.5, 0.6) is 0 Å². The summed E-state index contributed by atoms with van der Waals surface area (Å²) < 4.78 is 1.70. The summed E-state index contributed by atoms with van der Waals surface area (Å²) in [5.74, 6) is 1.19. The number of hydrogen-bond acceptors (Lipinski definition) is 3. The van der Waals surface area contributed by atoms with E-state index in [1.807, 2.05) is 37.3 Å². The summed E-state index contributed by atoms with van der Waals surface area (Å²) in [6.45, 7) is 1.94. The highest BCUT2D eigenvalue weighted by Crippen LogP contribution is 2.15. The number of nitrogens with zero attached hydrogens (tertiary/aromatic N) is 3. The molecule has 0 aliphatic heterocycles. The molecule has 0 saturated heterocycles. The third kappa shape index (κ3) is 1.25. The average Bonchev–Trinajstić information content (AvgIpc) is 2.81. The SMILES string of the molecule is Cc1cc(N)nn1-c1nc2ccccc2[nH]1. The first-order valence-electron chi connectivity index (χ1n) is 5.01. The van der Waals surface area contributed by atoms with E-state index in [4.69, 9.17) is 5.73 Å². The van der Waals surface area contributed by atoms with E-state index in [1.165, 1.54) is 0 Å². The van der Waals surface area contributed by atoms with Crippen molar-refractivity contribution >= 4 is 16.9 Å². The Morgan fingerprint density at radius 1 is 1.31 bits per heavy atom. The smallest absolute Gasteiger partial charge is 0.229 e. The first-order valence-corrected chi connectivity index (χ1v) is 5.01. The van der Waals surface area contributed by atoms with Gasteiger partial charge in [0.25, 0.3) is 0 Å². The van der Waals surface area contributed by atoms with E-state index in [2.05, 4.69) is 15.1 Å². The molecule has 2 aromatic heterocycles. The van der Waals surface area contributed by atoms with Gasteiger partial charge in [-0.2, -0.15) is 0 Å². The van der Waals surface area contributed by atoms with Crippen LogP contribution in [0.1, 0.15) is 5.69 Å². The van der Waals surface area contributed by atoms with E-state index in [0.717, 1.165) is 16.7 Å². The van der Waals surface area contributed by atoms with Gasteiger partial charge in [0.2, 0.25) is 5.95 Å². The molecule has 3 aromatic rings. The molecule has 0 fully saturated rings. The van der Waals surface area contributed by atoms with Crippen LogP contribution in [0.3, 0.4) is 0 Å². The van der Waals surface area contributed by atoms with E-state index < -0.39 is 0 Å². The summed E-state index contributed by atoms with van der Waals surface area (Å²) in [7, 11) is 0. The zero-order chi connectivity index (χ0) is 11.1. The first-order chi connectivity index (χ1) is 7.74. The summed E-state index contributed by atoms with van der Waals surface area (Å²) in [5.41, 5.74) is 8.51. The Kier molecular flexibility index (Phi) is 1.73. The molecule has 3 N–H and O–H groups in total. The van der Waals surface area contributed by atoms with Gasteiger partial charge in [-0.3, -0.25) is 0 Å². The fourth-order valence-corrected chi connectivity index (χ4v) is 1.75. The van der Waals surface area contributed by atoms with Crippen molar-refractivity contribution in [1.82, 2.24) is 19.7 Å². The van der Waals surface area contributed by atoms with Crippen molar-refractivity contribution in [3.05, 3.63) is 36.0 Å². The number of para-hydroxylation sites is 2. The molecule has 5 nitrogen and oxygen atoms in total. The predicted molar refractivity (Wildman–Crippen MR) is 62.4 cm³/mol. The largest absolute Gasteiger partial charge is 0.382 e. The highest BCUT2D eigenvalue weighted by atomic mass is 15.4. The number of imidazole rings is 1. The standard InChI is InChI=1S/C11H11N5/c1-7-6-10(12)15-16(7)11-13-8-4-2-3-5-9(8)14-11/h2-6H,1H3,(H2,12,15)(H,13,14). The molecule has 1 aromatic carbocycles. The highest BCUT2D eigenvalue weighted by molar-refractivity contribution is 5.75. The summed E-state index contributed by atoms with van der Waals surface area (Å²) >= 11 is 0. The Morgan fingerprint density at radius 2 is 2.12 bits per heavy atom. The number of nitrogens with two attached hydrogens (primary N) is 1. The van der Waals surface area contributed by atoms with Gasteiger partial charge in [0.1, 0.15) is 5.82 Å². The zero-order valence-electron chi connectivity index (χ0n) is 8.81. The first kappa shape index (κ1) is 8.96. The molecule has 0 saturated carbocycles. The Bertz CT molecular complexity index is 616. The number of fused-ring (bicyclic) bond motifs is 1. The van der Waals surface area contributed by atoms with E-state index in [-0.39, 0.29) is 0 Å². The lowest BCUT2D eigenvalue weighted by Gasteiger charge is -1.96. The van der Waals surface area contributed by atoms with Gasteiger partial charge in [0, 0.05) is 11.8 Å². The molecular weight excluding hydrogens is 202 g/mol. The maximum Gasteiger partial charge on any atom is 0.229 e. The van der Waals surface area contributed by atoms with Crippen LogP contribution >= 0.6 is 0 Å². The van der Waals surface area contributed by atoms with Gasteiger partial charge in [-0.25, -0.2) is 9.67 Å². The van der Waals surface area contributed by atoms with E-state index in [9.17, 15) is 0 Å². The molecule has 0 aliphatic rings. The van der Waals surface area contributed by atoms with Gasteiger partial charge >= 0.3 is 0 Å². The Morgan fingerprint density at radius 3 is 2.81 bits per heavy atom. The Labute approximate surface area is 91.9 Å². The molecule has 0 spiro atoms. The van der Waals surface area contributed by atoms with Gasteiger partial charge in [-0.05, 0) is 19.1 Å². The highest BCUT2D eigenvalue weighted by Gasteiger charge is 2.08. The molecule has 2 heterocycles. The van der Waals surface area contributed by atoms with Crippen LogP contribution < -0.4 is 5.73 Å². The lowest BCUT2D eigenvalue weighted by molar-refractivity contribution is 0.804. The number of hydrogen-bond donors (Lipinski definition) is 2. The third-order valence-corrected chi connectivity index (χ3v) is 2.48. The summed E-state index contributed by atoms with van der Waals surface area (Å²) in [4.78, 5) is 7.65. The lowest BCUT2D eigenvalue weighted by atomic mass is 10.3. The van der Waals surface area contributed by atoms with Crippen LogP contribution in [-0.4, -0.2) is 19.7 Å². The van der Waals surface area contributed by atoms with Crippen LogP contribution in [0.25, 0.3) is 17.0 Å². The summed E-state index contributed by atoms with van der Waals surface area (Å²) in [5, 5.41) is 4.18. The third-order valence-electron chi connectivity index (χ3n) is 2.48. The van der Waals surface area contributed by atoms with E-state index in [0.29, 0.717) is 11.8 Å². The zero-order valence-corrected chi connectivity index (χ0v) is 8.81. The fourth-order valence-electron chi connectivity index (χ4n) is 1.75. The topological polar surface area (TPSA) is 72.5 Å². The molecule has 16 heavy (non-hydrogen) atoms. The number of aromatic amines is 1. The van der Waals surface area contributed by atoms with Crippen molar-refractivity contribution in [3.63, 3.8) is 0 Å². The molecular formula is C11H11N5. The molecule has 80 valence electrons.